The number of Topliss-reactive ketones (excluding diaryl/α,β-unsaturated/α-hetero) is 1. The number of allylic oxidation sites excluding steroid dienone is 2. The fraction of sp³-hybridized carbons (Fsp3) is 0.583. The molecule has 0 amide bonds. The van der Waals surface area contributed by atoms with Gasteiger partial charge in [-0.15, -0.1) is 6.58 Å². The second-order valence-electron chi connectivity index (χ2n) is 4.14. The highest BCUT2D eigenvalue weighted by Crippen LogP contribution is 2.34. The normalized spacial score (nSPS) is 34.3. The molecule has 0 saturated heterocycles. The molecule has 1 fully saturated rings. The van der Waals surface area contributed by atoms with Gasteiger partial charge in [0.1, 0.15) is 5.78 Å². The first-order valence-electron chi connectivity index (χ1n) is 4.87. The van der Waals surface area contributed by atoms with Crippen molar-refractivity contribution >= 4 is 5.78 Å². The minimum Gasteiger partial charge on any atom is -0.299 e. The zero-order valence-corrected chi connectivity index (χ0v) is 8.55. The number of hydrogen-bond donors (Lipinski definition) is 0. The predicted octanol–water partition coefficient (Wildman–Crippen LogP) is 2.98. The predicted molar refractivity (Wildman–Crippen MR) is 55.4 cm³/mol. The molecule has 1 saturated carbocycles. The molecule has 0 heterocycles. The van der Waals surface area contributed by atoms with Crippen molar-refractivity contribution < 1.29 is 4.79 Å². The molecule has 1 aliphatic rings. The number of ketones is 1. The summed E-state index contributed by atoms with van der Waals surface area (Å²) in [4.78, 5) is 11.6. The van der Waals surface area contributed by atoms with Gasteiger partial charge in [-0.1, -0.05) is 25.2 Å². The maximum Gasteiger partial charge on any atom is 0.136 e. The lowest BCUT2D eigenvalue weighted by Crippen LogP contribution is -2.30. The van der Waals surface area contributed by atoms with Crippen molar-refractivity contribution in [2.24, 2.45) is 17.8 Å². The summed E-state index contributed by atoms with van der Waals surface area (Å²) in [6.45, 7) is 11.7. The molecule has 0 N–H and O–H groups in total. The highest BCUT2D eigenvalue weighted by atomic mass is 16.1. The molecular weight excluding hydrogens is 160 g/mol. The van der Waals surface area contributed by atoms with Crippen molar-refractivity contribution in [3.63, 3.8) is 0 Å². The standard InChI is InChI=1S/C12H18O/c1-5-10-6-11(8(2)3)7-12(13)9(10)4/h5,9-11H,1-2,6-7H2,3-4H3/t9?,10-,11-/m1/s1. The fourth-order valence-electron chi connectivity index (χ4n) is 1.96. The summed E-state index contributed by atoms with van der Waals surface area (Å²) in [6.07, 6.45) is 3.64. The lowest BCUT2D eigenvalue weighted by Gasteiger charge is -2.31. The number of rotatable bonds is 2. The number of carbonyl (C=O) groups is 1. The van der Waals surface area contributed by atoms with Gasteiger partial charge in [-0.25, -0.2) is 0 Å². The Morgan fingerprint density at radius 2 is 2.23 bits per heavy atom. The Kier molecular flexibility index (Phi) is 3.07. The van der Waals surface area contributed by atoms with E-state index in [1.165, 1.54) is 0 Å². The van der Waals surface area contributed by atoms with Gasteiger partial charge in [-0.2, -0.15) is 0 Å². The molecule has 13 heavy (non-hydrogen) atoms. The first kappa shape index (κ1) is 10.2. The SMILES string of the molecule is C=C[C@@H]1C[C@@H](C(=C)C)CC(=O)C1C. The molecule has 72 valence electrons. The van der Waals surface area contributed by atoms with Crippen LogP contribution in [0.25, 0.3) is 0 Å². The molecule has 0 aromatic heterocycles. The van der Waals surface area contributed by atoms with E-state index in [1.54, 1.807) is 0 Å². The second-order valence-corrected chi connectivity index (χ2v) is 4.14. The van der Waals surface area contributed by atoms with E-state index in [0.717, 1.165) is 12.0 Å². The highest BCUT2D eigenvalue weighted by Gasteiger charge is 2.31. The summed E-state index contributed by atoms with van der Waals surface area (Å²) in [5.74, 6) is 1.26. The molecule has 0 aromatic rings. The van der Waals surface area contributed by atoms with Gasteiger partial charge in [0.25, 0.3) is 0 Å². The Labute approximate surface area is 80.5 Å². The van der Waals surface area contributed by atoms with E-state index in [-0.39, 0.29) is 5.92 Å². The van der Waals surface area contributed by atoms with Crippen LogP contribution in [0.5, 0.6) is 0 Å². The van der Waals surface area contributed by atoms with Crippen molar-refractivity contribution in [1.82, 2.24) is 0 Å². The van der Waals surface area contributed by atoms with Gasteiger partial charge >= 0.3 is 0 Å². The van der Waals surface area contributed by atoms with Crippen molar-refractivity contribution in [3.8, 4) is 0 Å². The summed E-state index contributed by atoms with van der Waals surface area (Å²) >= 11 is 0. The molecule has 1 nitrogen and oxygen atoms in total. The van der Waals surface area contributed by atoms with Crippen LogP contribution in [0.1, 0.15) is 26.7 Å². The molecule has 0 radical (unpaired) electrons. The van der Waals surface area contributed by atoms with E-state index >= 15 is 0 Å². The summed E-state index contributed by atoms with van der Waals surface area (Å²) in [7, 11) is 0. The minimum atomic E-state index is 0.160. The maximum atomic E-state index is 11.6. The van der Waals surface area contributed by atoms with Crippen LogP contribution in [-0.2, 0) is 4.79 Å². The largest absolute Gasteiger partial charge is 0.299 e. The molecule has 0 spiro atoms. The molecule has 0 aliphatic heterocycles. The molecule has 3 atom stereocenters. The van der Waals surface area contributed by atoms with Gasteiger partial charge in [0.05, 0.1) is 0 Å². The Morgan fingerprint density at radius 3 is 2.69 bits per heavy atom. The summed E-state index contributed by atoms with van der Waals surface area (Å²) in [5.41, 5.74) is 1.13. The topological polar surface area (TPSA) is 17.1 Å². The monoisotopic (exact) mass is 178 g/mol. The van der Waals surface area contributed by atoms with Crippen LogP contribution >= 0.6 is 0 Å². The Balaban J connectivity index is 2.74. The Hall–Kier alpha value is -0.850. The molecule has 1 heteroatoms. The zero-order valence-electron chi connectivity index (χ0n) is 8.55. The summed E-state index contributed by atoms with van der Waals surface area (Å²) in [6, 6.07) is 0. The van der Waals surface area contributed by atoms with Crippen LogP contribution in [0.2, 0.25) is 0 Å². The number of carbonyl (C=O) groups excluding carboxylic acids is 1. The molecular formula is C12H18O. The van der Waals surface area contributed by atoms with E-state index < -0.39 is 0 Å². The van der Waals surface area contributed by atoms with Crippen LogP contribution in [0.4, 0.5) is 0 Å². The van der Waals surface area contributed by atoms with Crippen molar-refractivity contribution in [2.75, 3.05) is 0 Å². The Bertz CT molecular complexity index is 240. The lowest BCUT2D eigenvalue weighted by atomic mass is 9.72. The quantitative estimate of drug-likeness (QED) is 0.594. The van der Waals surface area contributed by atoms with Gasteiger partial charge in [0.2, 0.25) is 0 Å². The van der Waals surface area contributed by atoms with Crippen molar-refractivity contribution in [1.29, 1.82) is 0 Å². The van der Waals surface area contributed by atoms with Gasteiger partial charge in [-0.05, 0) is 25.2 Å². The van der Waals surface area contributed by atoms with Crippen LogP contribution in [0.15, 0.2) is 24.8 Å². The first-order valence-corrected chi connectivity index (χ1v) is 4.87. The van der Waals surface area contributed by atoms with E-state index in [0.29, 0.717) is 24.0 Å². The minimum absolute atomic E-state index is 0.160. The third kappa shape index (κ3) is 2.09. The van der Waals surface area contributed by atoms with Gasteiger partial charge in [-0.3, -0.25) is 4.79 Å². The summed E-state index contributed by atoms with van der Waals surface area (Å²) in [5, 5.41) is 0. The van der Waals surface area contributed by atoms with Crippen molar-refractivity contribution in [2.45, 2.75) is 26.7 Å². The maximum absolute atomic E-state index is 11.6. The molecule has 0 bridgehead atoms. The van der Waals surface area contributed by atoms with E-state index in [1.807, 2.05) is 19.9 Å². The highest BCUT2D eigenvalue weighted by molar-refractivity contribution is 5.82. The smallest absolute Gasteiger partial charge is 0.136 e. The van der Waals surface area contributed by atoms with Gasteiger partial charge < -0.3 is 0 Å². The van der Waals surface area contributed by atoms with E-state index in [9.17, 15) is 4.79 Å². The number of hydrogen-bond acceptors (Lipinski definition) is 1. The van der Waals surface area contributed by atoms with E-state index in [2.05, 4.69) is 13.2 Å². The molecule has 1 rings (SSSR count). The lowest BCUT2D eigenvalue weighted by molar-refractivity contribution is -0.126. The average Bonchev–Trinajstić information content (AvgIpc) is 2.09. The van der Waals surface area contributed by atoms with Gasteiger partial charge in [0, 0.05) is 12.3 Å². The third-order valence-corrected chi connectivity index (χ3v) is 3.15. The van der Waals surface area contributed by atoms with Gasteiger partial charge in [0.15, 0.2) is 0 Å². The summed E-state index contributed by atoms with van der Waals surface area (Å²) < 4.78 is 0. The Morgan fingerprint density at radius 1 is 1.62 bits per heavy atom. The first-order chi connectivity index (χ1) is 6.06. The van der Waals surface area contributed by atoms with Crippen molar-refractivity contribution in [3.05, 3.63) is 24.8 Å². The van der Waals surface area contributed by atoms with E-state index in [4.69, 9.17) is 0 Å². The van der Waals surface area contributed by atoms with Crippen LogP contribution < -0.4 is 0 Å². The van der Waals surface area contributed by atoms with Crippen LogP contribution in [-0.4, -0.2) is 5.78 Å². The zero-order chi connectivity index (χ0) is 10.0. The molecule has 0 aromatic carbocycles. The fourth-order valence-corrected chi connectivity index (χ4v) is 1.96. The second kappa shape index (κ2) is 3.91. The van der Waals surface area contributed by atoms with Crippen LogP contribution in [0.3, 0.4) is 0 Å². The molecule has 1 aliphatic carbocycles. The third-order valence-electron chi connectivity index (χ3n) is 3.15. The van der Waals surface area contributed by atoms with Crippen LogP contribution in [0, 0.1) is 17.8 Å². The molecule has 1 unspecified atom stereocenters. The average molecular weight is 178 g/mol.